The van der Waals surface area contributed by atoms with Crippen LogP contribution in [0.1, 0.15) is 29.6 Å². The van der Waals surface area contributed by atoms with Gasteiger partial charge >= 0.3 is 0 Å². The fraction of sp³-hybridized carbons (Fsp3) is 0.350. The molecule has 27 heavy (non-hydrogen) atoms. The number of methoxy groups -OCH3 is 1. The molecular formula is C20H24N2O4S. The van der Waals surface area contributed by atoms with Gasteiger partial charge in [0.1, 0.15) is 5.75 Å². The van der Waals surface area contributed by atoms with Gasteiger partial charge in [-0.25, -0.2) is 8.42 Å². The van der Waals surface area contributed by atoms with Gasteiger partial charge in [-0.15, -0.1) is 0 Å². The number of carbonyl (C=O) groups is 1. The average molecular weight is 388 g/mol. The first-order chi connectivity index (χ1) is 12.9. The second-order valence-corrected chi connectivity index (χ2v) is 8.52. The zero-order valence-electron chi connectivity index (χ0n) is 15.6. The molecule has 0 unspecified atom stereocenters. The Labute approximate surface area is 160 Å². The summed E-state index contributed by atoms with van der Waals surface area (Å²) in [5.41, 5.74) is 0.921. The topological polar surface area (TPSA) is 66.9 Å². The Morgan fingerprint density at radius 2 is 1.70 bits per heavy atom. The number of ether oxygens (including phenoxy) is 1. The minimum absolute atomic E-state index is 0.101. The van der Waals surface area contributed by atoms with Gasteiger partial charge in [-0.3, -0.25) is 9.10 Å². The van der Waals surface area contributed by atoms with Crippen LogP contribution >= 0.6 is 0 Å². The molecule has 2 aromatic carbocycles. The first kappa shape index (κ1) is 19.2. The predicted octanol–water partition coefficient (Wildman–Crippen LogP) is 3.15. The highest BCUT2D eigenvalue weighted by Gasteiger charge is 2.24. The maximum Gasteiger partial charge on any atom is 0.264 e. The molecule has 1 aliphatic rings. The van der Waals surface area contributed by atoms with Gasteiger partial charge in [-0.2, -0.15) is 0 Å². The molecule has 0 bridgehead atoms. The summed E-state index contributed by atoms with van der Waals surface area (Å²) in [5.74, 6) is 0.539. The number of nitrogens with zero attached hydrogens (tertiary/aromatic N) is 2. The Morgan fingerprint density at radius 1 is 1.04 bits per heavy atom. The minimum Gasteiger partial charge on any atom is -0.497 e. The van der Waals surface area contributed by atoms with Crippen LogP contribution in [0.5, 0.6) is 5.75 Å². The highest BCUT2D eigenvalue weighted by atomic mass is 32.2. The predicted molar refractivity (Wildman–Crippen MR) is 105 cm³/mol. The Morgan fingerprint density at radius 3 is 2.33 bits per heavy atom. The van der Waals surface area contributed by atoms with Crippen molar-refractivity contribution in [3.05, 3.63) is 54.1 Å². The molecule has 1 saturated heterocycles. The number of carbonyl (C=O) groups excluding carboxylic acids is 1. The smallest absolute Gasteiger partial charge is 0.264 e. The molecule has 1 heterocycles. The van der Waals surface area contributed by atoms with Crippen LogP contribution in [0, 0.1) is 0 Å². The number of likely N-dealkylation sites (tertiary alicyclic amines) is 1. The van der Waals surface area contributed by atoms with Gasteiger partial charge in [0.25, 0.3) is 15.9 Å². The molecule has 0 saturated carbocycles. The third-order valence-electron chi connectivity index (χ3n) is 4.82. The average Bonchev–Trinajstić information content (AvgIpc) is 2.73. The molecule has 7 heteroatoms. The Hall–Kier alpha value is -2.54. The molecule has 0 radical (unpaired) electrons. The summed E-state index contributed by atoms with van der Waals surface area (Å²) < 4.78 is 32.3. The van der Waals surface area contributed by atoms with Crippen LogP contribution in [0.3, 0.4) is 0 Å². The normalized spacial score (nSPS) is 14.7. The number of rotatable bonds is 5. The Balaban J connectivity index is 1.86. The molecule has 1 amide bonds. The summed E-state index contributed by atoms with van der Waals surface area (Å²) in [6.07, 6.45) is 3.11. The van der Waals surface area contributed by atoms with E-state index in [1.165, 1.54) is 23.5 Å². The summed E-state index contributed by atoms with van der Waals surface area (Å²) in [4.78, 5) is 14.6. The maximum atomic E-state index is 13.0. The molecule has 0 atom stereocenters. The zero-order valence-corrected chi connectivity index (χ0v) is 16.4. The minimum atomic E-state index is -3.78. The largest absolute Gasteiger partial charge is 0.497 e. The number of benzene rings is 2. The molecule has 144 valence electrons. The van der Waals surface area contributed by atoms with Crippen LogP contribution in [0.2, 0.25) is 0 Å². The Kier molecular flexibility index (Phi) is 5.70. The van der Waals surface area contributed by atoms with E-state index in [9.17, 15) is 13.2 Å². The molecule has 1 fully saturated rings. The van der Waals surface area contributed by atoms with E-state index in [2.05, 4.69) is 0 Å². The molecule has 2 aromatic rings. The SMILES string of the molecule is COc1ccc(N(C)S(=O)(=O)c2cccc(C(=O)N3CCCCC3)c2)cc1. The molecule has 0 aliphatic carbocycles. The van der Waals surface area contributed by atoms with Crippen molar-refractivity contribution in [3.8, 4) is 5.75 Å². The summed E-state index contributed by atoms with van der Waals surface area (Å²) in [7, 11) is -0.724. The molecule has 0 N–H and O–H groups in total. The van der Waals surface area contributed by atoms with Crippen molar-refractivity contribution in [2.75, 3.05) is 31.6 Å². The lowest BCUT2D eigenvalue weighted by molar-refractivity contribution is 0.0724. The number of piperidine rings is 1. The number of anilines is 1. The van der Waals surface area contributed by atoms with Gasteiger partial charge < -0.3 is 9.64 Å². The van der Waals surface area contributed by atoms with Crippen molar-refractivity contribution >= 4 is 21.6 Å². The van der Waals surface area contributed by atoms with Crippen LogP contribution in [0.15, 0.2) is 53.4 Å². The van der Waals surface area contributed by atoms with E-state index in [4.69, 9.17) is 4.74 Å². The van der Waals surface area contributed by atoms with Crippen LogP contribution in [0.25, 0.3) is 0 Å². The van der Waals surface area contributed by atoms with E-state index in [-0.39, 0.29) is 10.8 Å². The van der Waals surface area contributed by atoms with E-state index >= 15 is 0 Å². The lowest BCUT2D eigenvalue weighted by atomic mass is 10.1. The second kappa shape index (κ2) is 8.00. The molecular weight excluding hydrogens is 364 g/mol. The monoisotopic (exact) mass is 388 g/mol. The number of amides is 1. The lowest BCUT2D eigenvalue weighted by Crippen LogP contribution is -2.35. The molecule has 1 aliphatic heterocycles. The van der Waals surface area contributed by atoms with E-state index in [1.807, 2.05) is 0 Å². The summed E-state index contributed by atoms with van der Waals surface area (Å²) in [6, 6.07) is 13.0. The lowest BCUT2D eigenvalue weighted by Gasteiger charge is -2.27. The van der Waals surface area contributed by atoms with Gasteiger partial charge in [0.05, 0.1) is 17.7 Å². The standard InChI is InChI=1S/C20H24N2O4S/c1-21(17-9-11-18(26-2)12-10-17)27(24,25)19-8-6-7-16(15-19)20(23)22-13-4-3-5-14-22/h6-12,15H,3-5,13-14H2,1-2H3. The van der Waals surface area contributed by atoms with E-state index in [0.717, 1.165) is 32.4 Å². The first-order valence-electron chi connectivity index (χ1n) is 8.96. The summed E-state index contributed by atoms with van der Waals surface area (Å²) in [5, 5.41) is 0. The van der Waals surface area contributed by atoms with Crippen LogP contribution in [-0.2, 0) is 10.0 Å². The van der Waals surface area contributed by atoms with Crippen molar-refractivity contribution in [1.29, 1.82) is 0 Å². The highest BCUT2D eigenvalue weighted by molar-refractivity contribution is 7.92. The van der Waals surface area contributed by atoms with Gasteiger partial charge in [0.15, 0.2) is 0 Å². The quantitative estimate of drug-likeness (QED) is 0.789. The van der Waals surface area contributed by atoms with Gasteiger partial charge in [0.2, 0.25) is 0 Å². The molecule has 0 spiro atoms. The van der Waals surface area contributed by atoms with Gasteiger partial charge in [0, 0.05) is 25.7 Å². The van der Waals surface area contributed by atoms with Crippen LogP contribution < -0.4 is 9.04 Å². The van der Waals surface area contributed by atoms with Crippen LogP contribution in [-0.4, -0.2) is 46.5 Å². The van der Waals surface area contributed by atoms with Gasteiger partial charge in [-0.1, -0.05) is 6.07 Å². The third-order valence-corrected chi connectivity index (χ3v) is 6.60. The van der Waals surface area contributed by atoms with Gasteiger partial charge in [-0.05, 0) is 61.7 Å². The fourth-order valence-electron chi connectivity index (χ4n) is 3.16. The van der Waals surface area contributed by atoms with Crippen molar-refractivity contribution in [3.63, 3.8) is 0 Å². The van der Waals surface area contributed by atoms with E-state index in [0.29, 0.717) is 17.0 Å². The van der Waals surface area contributed by atoms with Crippen LogP contribution in [0.4, 0.5) is 5.69 Å². The van der Waals surface area contributed by atoms with Crippen molar-refractivity contribution in [1.82, 2.24) is 4.90 Å². The fourth-order valence-corrected chi connectivity index (χ4v) is 4.40. The second-order valence-electron chi connectivity index (χ2n) is 6.55. The number of sulfonamides is 1. The molecule has 0 aromatic heterocycles. The zero-order chi connectivity index (χ0) is 19.4. The molecule has 6 nitrogen and oxygen atoms in total. The molecule has 3 rings (SSSR count). The van der Waals surface area contributed by atoms with E-state index < -0.39 is 10.0 Å². The maximum absolute atomic E-state index is 13.0. The van der Waals surface area contributed by atoms with Crippen molar-refractivity contribution in [2.24, 2.45) is 0 Å². The summed E-state index contributed by atoms with van der Waals surface area (Å²) >= 11 is 0. The third kappa shape index (κ3) is 4.08. The first-order valence-corrected chi connectivity index (χ1v) is 10.4. The number of hydrogen-bond donors (Lipinski definition) is 0. The Bertz CT molecular complexity index is 904. The summed E-state index contributed by atoms with van der Waals surface area (Å²) in [6.45, 7) is 1.45. The van der Waals surface area contributed by atoms with Crippen molar-refractivity contribution < 1.29 is 17.9 Å². The van der Waals surface area contributed by atoms with Crippen molar-refractivity contribution in [2.45, 2.75) is 24.2 Å². The van der Waals surface area contributed by atoms with E-state index in [1.54, 1.807) is 48.4 Å². The highest BCUT2D eigenvalue weighted by Crippen LogP contribution is 2.25. The number of hydrogen-bond acceptors (Lipinski definition) is 4.